The second kappa shape index (κ2) is 9.25. The maximum absolute atomic E-state index is 11.6. The molecular weight excluding hydrogens is 246 g/mol. The lowest BCUT2D eigenvalue weighted by molar-refractivity contribution is -0.130. The Balaban J connectivity index is 2.07. The Morgan fingerprint density at radius 3 is 2.63 bits per heavy atom. The van der Waals surface area contributed by atoms with Gasteiger partial charge in [0.25, 0.3) is 0 Å². The highest BCUT2D eigenvalue weighted by molar-refractivity contribution is 5.77. The summed E-state index contributed by atoms with van der Waals surface area (Å²) in [7, 11) is 3.59. The fraction of sp³-hybridized carbons (Fsp3) is 0.923. The number of rotatable bonds is 8. The first kappa shape index (κ1) is 16.4. The van der Waals surface area contributed by atoms with Crippen LogP contribution in [0.1, 0.15) is 12.8 Å². The molecule has 0 saturated carbocycles. The molecule has 1 aliphatic rings. The second-order valence-corrected chi connectivity index (χ2v) is 5.13. The van der Waals surface area contributed by atoms with Gasteiger partial charge in [-0.2, -0.15) is 0 Å². The van der Waals surface area contributed by atoms with E-state index in [2.05, 4.69) is 10.2 Å². The number of likely N-dealkylation sites (tertiary alicyclic amines) is 1. The lowest BCUT2D eigenvalue weighted by Gasteiger charge is -2.32. The molecule has 0 aromatic carbocycles. The number of aliphatic hydroxyl groups is 1. The van der Waals surface area contributed by atoms with E-state index in [0.717, 1.165) is 32.5 Å². The van der Waals surface area contributed by atoms with Crippen LogP contribution < -0.4 is 5.32 Å². The molecule has 0 spiro atoms. The average Bonchev–Trinajstić information content (AvgIpc) is 2.40. The molecule has 0 radical (unpaired) electrons. The molecule has 6 nitrogen and oxygen atoms in total. The van der Waals surface area contributed by atoms with E-state index in [1.807, 2.05) is 0 Å². The van der Waals surface area contributed by atoms with Crippen LogP contribution in [-0.4, -0.2) is 87.0 Å². The molecule has 1 aliphatic heterocycles. The summed E-state index contributed by atoms with van der Waals surface area (Å²) in [6.45, 7) is 4.41. The lowest BCUT2D eigenvalue weighted by atomic mass is 10.1. The van der Waals surface area contributed by atoms with Gasteiger partial charge in [-0.25, -0.2) is 0 Å². The molecule has 19 heavy (non-hydrogen) atoms. The molecule has 0 bridgehead atoms. The molecule has 112 valence electrons. The van der Waals surface area contributed by atoms with Gasteiger partial charge >= 0.3 is 0 Å². The third kappa shape index (κ3) is 6.87. The summed E-state index contributed by atoms with van der Waals surface area (Å²) in [5.41, 5.74) is 0. The molecular formula is C13H27N3O3. The highest BCUT2D eigenvalue weighted by Gasteiger charge is 2.20. The Bertz CT molecular complexity index is 254. The number of likely N-dealkylation sites (N-methyl/N-ethyl adjacent to an activating group) is 1. The van der Waals surface area contributed by atoms with Crippen molar-refractivity contribution in [3.8, 4) is 0 Å². The van der Waals surface area contributed by atoms with E-state index in [1.54, 1.807) is 19.0 Å². The summed E-state index contributed by atoms with van der Waals surface area (Å²) in [4.78, 5) is 15.4. The number of piperidine rings is 1. The number of nitrogens with zero attached hydrogens (tertiary/aromatic N) is 2. The third-order valence-corrected chi connectivity index (χ3v) is 3.36. The molecule has 0 atom stereocenters. The number of carbonyl (C=O) groups excluding carboxylic acids is 1. The molecule has 0 aromatic heterocycles. The molecule has 2 N–H and O–H groups in total. The normalized spacial score (nSPS) is 17.6. The fourth-order valence-corrected chi connectivity index (χ4v) is 2.13. The van der Waals surface area contributed by atoms with Crippen molar-refractivity contribution in [1.29, 1.82) is 0 Å². The summed E-state index contributed by atoms with van der Waals surface area (Å²) in [6.07, 6.45) is 2.14. The van der Waals surface area contributed by atoms with Crippen LogP contribution in [0.3, 0.4) is 0 Å². The molecule has 0 unspecified atom stereocenters. The van der Waals surface area contributed by atoms with Crippen molar-refractivity contribution in [3.63, 3.8) is 0 Å². The maximum Gasteiger partial charge on any atom is 0.236 e. The minimum atomic E-state index is 0.0816. The molecule has 0 aromatic rings. The first-order chi connectivity index (χ1) is 9.13. The lowest BCUT2D eigenvalue weighted by Crippen LogP contribution is -2.46. The van der Waals surface area contributed by atoms with Gasteiger partial charge in [-0.3, -0.25) is 9.69 Å². The van der Waals surface area contributed by atoms with Crippen molar-refractivity contribution in [1.82, 2.24) is 15.1 Å². The SMILES string of the molecule is CN(C)C(=O)CN1CCC(NCCOCCO)CC1. The van der Waals surface area contributed by atoms with Gasteiger partial charge < -0.3 is 20.1 Å². The van der Waals surface area contributed by atoms with E-state index in [9.17, 15) is 4.79 Å². The summed E-state index contributed by atoms with van der Waals surface area (Å²) in [5.74, 6) is 0.170. The van der Waals surface area contributed by atoms with E-state index >= 15 is 0 Å². The van der Waals surface area contributed by atoms with Gasteiger partial charge in [-0.1, -0.05) is 0 Å². The Morgan fingerprint density at radius 1 is 1.37 bits per heavy atom. The largest absolute Gasteiger partial charge is 0.394 e. The number of nitrogens with one attached hydrogen (secondary N) is 1. The van der Waals surface area contributed by atoms with E-state index in [-0.39, 0.29) is 12.5 Å². The molecule has 1 rings (SSSR count). The summed E-state index contributed by atoms with van der Waals surface area (Å²) >= 11 is 0. The highest BCUT2D eigenvalue weighted by Crippen LogP contribution is 2.09. The third-order valence-electron chi connectivity index (χ3n) is 3.36. The van der Waals surface area contributed by atoms with Crippen LogP contribution in [0.4, 0.5) is 0 Å². The van der Waals surface area contributed by atoms with E-state index in [1.165, 1.54) is 0 Å². The van der Waals surface area contributed by atoms with Crippen LogP contribution in [0.25, 0.3) is 0 Å². The Hall–Kier alpha value is -0.690. The molecule has 0 aliphatic carbocycles. The minimum absolute atomic E-state index is 0.0816. The van der Waals surface area contributed by atoms with Gasteiger partial charge in [-0.15, -0.1) is 0 Å². The van der Waals surface area contributed by atoms with Crippen LogP contribution in [0.15, 0.2) is 0 Å². The predicted octanol–water partition coefficient (Wildman–Crippen LogP) is -0.862. The zero-order valence-electron chi connectivity index (χ0n) is 12.1. The summed E-state index contributed by atoms with van der Waals surface area (Å²) < 4.78 is 5.20. The quantitative estimate of drug-likeness (QED) is 0.563. The van der Waals surface area contributed by atoms with E-state index in [0.29, 0.717) is 25.8 Å². The smallest absolute Gasteiger partial charge is 0.236 e. The topological polar surface area (TPSA) is 65.0 Å². The number of carbonyl (C=O) groups is 1. The van der Waals surface area contributed by atoms with Crippen molar-refractivity contribution in [2.24, 2.45) is 0 Å². The van der Waals surface area contributed by atoms with Crippen molar-refractivity contribution in [2.45, 2.75) is 18.9 Å². The predicted molar refractivity (Wildman–Crippen MR) is 74.1 cm³/mol. The number of hydrogen-bond acceptors (Lipinski definition) is 5. The molecule has 1 amide bonds. The van der Waals surface area contributed by atoms with Gasteiger partial charge in [0, 0.05) is 39.8 Å². The van der Waals surface area contributed by atoms with Gasteiger partial charge in [0.05, 0.1) is 26.4 Å². The Morgan fingerprint density at radius 2 is 2.05 bits per heavy atom. The van der Waals surface area contributed by atoms with Gasteiger partial charge in [0.15, 0.2) is 0 Å². The summed E-state index contributed by atoms with van der Waals surface area (Å²) in [5, 5.41) is 12.0. The van der Waals surface area contributed by atoms with Crippen LogP contribution in [-0.2, 0) is 9.53 Å². The first-order valence-corrected chi connectivity index (χ1v) is 6.98. The minimum Gasteiger partial charge on any atom is -0.394 e. The van der Waals surface area contributed by atoms with Crippen LogP contribution in [0, 0.1) is 0 Å². The monoisotopic (exact) mass is 273 g/mol. The molecule has 1 fully saturated rings. The number of hydrogen-bond donors (Lipinski definition) is 2. The van der Waals surface area contributed by atoms with E-state index < -0.39 is 0 Å². The van der Waals surface area contributed by atoms with Gasteiger partial charge in [-0.05, 0) is 12.8 Å². The second-order valence-electron chi connectivity index (χ2n) is 5.13. The average molecular weight is 273 g/mol. The fourth-order valence-electron chi connectivity index (χ4n) is 2.13. The summed E-state index contributed by atoms with van der Waals surface area (Å²) in [6, 6.07) is 0.517. The molecule has 1 saturated heterocycles. The van der Waals surface area contributed by atoms with Crippen molar-refractivity contribution in [3.05, 3.63) is 0 Å². The molecule has 1 heterocycles. The van der Waals surface area contributed by atoms with E-state index in [4.69, 9.17) is 9.84 Å². The van der Waals surface area contributed by atoms with Crippen LogP contribution in [0.5, 0.6) is 0 Å². The number of amides is 1. The zero-order valence-corrected chi connectivity index (χ0v) is 12.1. The number of aliphatic hydroxyl groups excluding tert-OH is 1. The first-order valence-electron chi connectivity index (χ1n) is 6.98. The van der Waals surface area contributed by atoms with Crippen LogP contribution in [0.2, 0.25) is 0 Å². The standard InChI is InChI=1S/C13H27N3O3/c1-15(2)13(18)11-16-6-3-12(4-7-16)14-5-9-19-10-8-17/h12,14,17H,3-11H2,1-2H3. The van der Waals surface area contributed by atoms with Gasteiger partial charge in [0.1, 0.15) is 0 Å². The van der Waals surface area contributed by atoms with Gasteiger partial charge in [0.2, 0.25) is 5.91 Å². The van der Waals surface area contributed by atoms with Crippen molar-refractivity contribution < 1.29 is 14.6 Å². The highest BCUT2D eigenvalue weighted by atomic mass is 16.5. The van der Waals surface area contributed by atoms with Crippen LogP contribution >= 0.6 is 0 Å². The number of ether oxygens (including phenoxy) is 1. The Labute approximate surface area is 115 Å². The van der Waals surface area contributed by atoms with Crippen molar-refractivity contribution >= 4 is 5.91 Å². The Kier molecular flexibility index (Phi) is 7.97. The van der Waals surface area contributed by atoms with Crippen molar-refractivity contribution in [2.75, 3.05) is 60.1 Å². The molecule has 6 heteroatoms. The maximum atomic E-state index is 11.6. The zero-order chi connectivity index (χ0) is 14.1.